The van der Waals surface area contributed by atoms with Crippen LogP contribution >= 0.6 is 0 Å². The molecule has 2 heterocycles. The largest absolute Gasteiger partial charge is 0.481 e. The molecule has 1 N–H and O–H groups in total. The SMILES string of the molecule is CCC1CCN(C(=O)N2CCC(C(=O)O)C2)C1. The minimum absolute atomic E-state index is 0.0321. The van der Waals surface area contributed by atoms with E-state index in [1.54, 1.807) is 4.90 Å². The number of carbonyl (C=O) groups excluding carboxylic acids is 1. The summed E-state index contributed by atoms with van der Waals surface area (Å²) in [5.41, 5.74) is 0. The van der Waals surface area contributed by atoms with Gasteiger partial charge < -0.3 is 14.9 Å². The second-order valence-corrected chi connectivity index (χ2v) is 5.06. The molecule has 0 aliphatic carbocycles. The van der Waals surface area contributed by atoms with Crippen molar-refractivity contribution in [1.82, 2.24) is 9.80 Å². The Kier molecular flexibility index (Phi) is 3.54. The molecule has 2 saturated heterocycles. The van der Waals surface area contributed by atoms with Crippen molar-refractivity contribution in [2.45, 2.75) is 26.2 Å². The fourth-order valence-electron chi connectivity index (χ4n) is 2.68. The molecule has 5 nitrogen and oxygen atoms in total. The number of carbonyl (C=O) groups is 2. The van der Waals surface area contributed by atoms with E-state index in [-0.39, 0.29) is 11.9 Å². The summed E-state index contributed by atoms with van der Waals surface area (Å²) >= 11 is 0. The van der Waals surface area contributed by atoms with Gasteiger partial charge in [-0.15, -0.1) is 0 Å². The summed E-state index contributed by atoms with van der Waals surface area (Å²) in [5.74, 6) is -0.534. The van der Waals surface area contributed by atoms with Crippen LogP contribution in [0.4, 0.5) is 4.79 Å². The summed E-state index contributed by atoms with van der Waals surface area (Å²) < 4.78 is 0. The number of aliphatic carboxylic acids is 1. The van der Waals surface area contributed by atoms with Crippen molar-refractivity contribution in [3.8, 4) is 0 Å². The Morgan fingerprint density at radius 2 is 1.82 bits per heavy atom. The summed E-state index contributed by atoms with van der Waals surface area (Å²) in [6.45, 7) is 4.77. The lowest BCUT2D eigenvalue weighted by Gasteiger charge is -2.24. The Morgan fingerprint density at radius 1 is 1.18 bits per heavy atom. The summed E-state index contributed by atoms with van der Waals surface area (Å²) in [6, 6.07) is 0.0321. The molecule has 0 saturated carbocycles. The van der Waals surface area contributed by atoms with E-state index in [1.165, 1.54) is 0 Å². The lowest BCUT2D eigenvalue weighted by Crippen LogP contribution is -2.41. The number of rotatable bonds is 2. The summed E-state index contributed by atoms with van der Waals surface area (Å²) in [6.07, 6.45) is 2.78. The van der Waals surface area contributed by atoms with Gasteiger partial charge in [-0.05, 0) is 18.8 Å². The quantitative estimate of drug-likeness (QED) is 0.790. The first-order chi connectivity index (χ1) is 8.11. The third-order valence-corrected chi connectivity index (χ3v) is 3.94. The molecule has 2 atom stereocenters. The van der Waals surface area contributed by atoms with Gasteiger partial charge in [-0.3, -0.25) is 4.79 Å². The van der Waals surface area contributed by atoms with Crippen molar-refractivity contribution in [3.63, 3.8) is 0 Å². The van der Waals surface area contributed by atoms with Crippen LogP contribution in [0.15, 0.2) is 0 Å². The number of carboxylic acid groups (broad SMARTS) is 1. The van der Waals surface area contributed by atoms with E-state index < -0.39 is 5.97 Å². The van der Waals surface area contributed by atoms with E-state index in [2.05, 4.69) is 6.92 Å². The van der Waals surface area contributed by atoms with Gasteiger partial charge in [0.25, 0.3) is 0 Å². The van der Waals surface area contributed by atoms with Crippen LogP contribution in [0.25, 0.3) is 0 Å². The van der Waals surface area contributed by atoms with Crippen LogP contribution < -0.4 is 0 Å². The Hall–Kier alpha value is -1.26. The molecule has 0 aromatic heterocycles. The topological polar surface area (TPSA) is 60.9 Å². The van der Waals surface area contributed by atoms with Gasteiger partial charge in [-0.2, -0.15) is 0 Å². The maximum Gasteiger partial charge on any atom is 0.320 e. The van der Waals surface area contributed by atoms with E-state index in [1.807, 2.05) is 4.90 Å². The Labute approximate surface area is 101 Å². The van der Waals surface area contributed by atoms with Crippen LogP contribution in [-0.4, -0.2) is 53.1 Å². The molecule has 17 heavy (non-hydrogen) atoms. The van der Waals surface area contributed by atoms with Crippen LogP contribution in [0.1, 0.15) is 26.2 Å². The van der Waals surface area contributed by atoms with E-state index in [0.29, 0.717) is 25.4 Å². The lowest BCUT2D eigenvalue weighted by molar-refractivity contribution is -0.141. The van der Waals surface area contributed by atoms with Crippen molar-refractivity contribution in [1.29, 1.82) is 0 Å². The fourth-order valence-corrected chi connectivity index (χ4v) is 2.68. The van der Waals surface area contributed by atoms with E-state index in [9.17, 15) is 9.59 Å². The smallest absolute Gasteiger partial charge is 0.320 e. The number of hydrogen-bond donors (Lipinski definition) is 1. The molecular formula is C12H20N2O3. The van der Waals surface area contributed by atoms with Crippen molar-refractivity contribution >= 4 is 12.0 Å². The lowest BCUT2D eigenvalue weighted by atomic mass is 10.1. The predicted molar refractivity (Wildman–Crippen MR) is 62.7 cm³/mol. The molecule has 96 valence electrons. The Balaban J connectivity index is 1.87. The third kappa shape index (κ3) is 2.53. The zero-order valence-electron chi connectivity index (χ0n) is 10.3. The van der Waals surface area contributed by atoms with Gasteiger partial charge in [0.1, 0.15) is 0 Å². The van der Waals surface area contributed by atoms with Crippen LogP contribution in [-0.2, 0) is 4.79 Å². The molecule has 2 aliphatic heterocycles. The van der Waals surface area contributed by atoms with Gasteiger partial charge in [0.05, 0.1) is 5.92 Å². The third-order valence-electron chi connectivity index (χ3n) is 3.94. The molecule has 0 bridgehead atoms. The molecule has 2 fully saturated rings. The summed E-state index contributed by atoms with van der Waals surface area (Å²) in [7, 11) is 0. The maximum atomic E-state index is 12.1. The number of nitrogens with zero attached hydrogens (tertiary/aromatic N) is 2. The fraction of sp³-hybridized carbons (Fsp3) is 0.833. The minimum Gasteiger partial charge on any atom is -0.481 e. The van der Waals surface area contributed by atoms with Gasteiger partial charge in [-0.1, -0.05) is 13.3 Å². The zero-order chi connectivity index (χ0) is 12.4. The average Bonchev–Trinajstić information content (AvgIpc) is 2.97. The van der Waals surface area contributed by atoms with Crippen molar-refractivity contribution in [2.24, 2.45) is 11.8 Å². The van der Waals surface area contributed by atoms with Crippen LogP contribution in [0.3, 0.4) is 0 Å². The highest BCUT2D eigenvalue weighted by atomic mass is 16.4. The minimum atomic E-state index is -0.784. The van der Waals surface area contributed by atoms with Gasteiger partial charge in [-0.25, -0.2) is 4.79 Å². The van der Waals surface area contributed by atoms with Crippen LogP contribution in [0, 0.1) is 11.8 Å². The van der Waals surface area contributed by atoms with Crippen molar-refractivity contribution < 1.29 is 14.7 Å². The molecular weight excluding hydrogens is 220 g/mol. The van der Waals surface area contributed by atoms with Gasteiger partial charge in [0.2, 0.25) is 0 Å². The monoisotopic (exact) mass is 240 g/mol. The highest BCUT2D eigenvalue weighted by Crippen LogP contribution is 2.23. The van der Waals surface area contributed by atoms with Crippen LogP contribution in [0.2, 0.25) is 0 Å². The second kappa shape index (κ2) is 4.94. The maximum absolute atomic E-state index is 12.1. The molecule has 2 aliphatic rings. The molecule has 0 aromatic carbocycles. The average molecular weight is 240 g/mol. The second-order valence-electron chi connectivity index (χ2n) is 5.06. The summed E-state index contributed by atoms with van der Waals surface area (Å²) in [5, 5.41) is 8.91. The van der Waals surface area contributed by atoms with Crippen LogP contribution in [0.5, 0.6) is 0 Å². The van der Waals surface area contributed by atoms with E-state index in [0.717, 1.165) is 25.9 Å². The van der Waals surface area contributed by atoms with Crippen molar-refractivity contribution in [2.75, 3.05) is 26.2 Å². The number of urea groups is 1. The first-order valence-electron chi connectivity index (χ1n) is 6.38. The van der Waals surface area contributed by atoms with E-state index in [4.69, 9.17) is 5.11 Å². The molecule has 0 spiro atoms. The molecule has 5 heteroatoms. The molecule has 2 unspecified atom stereocenters. The number of likely N-dealkylation sites (tertiary alicyclic amines) is 2. The summed E-state index contributed by atoms with van der Waals surface area (Å²) in [4.78, 5) is 26.5. The highest BCUT2D eigenvalue weighted by Gasteiger charge is 2.35. The van der Waals surface area contributed by atoms with Gasteiger partial charge in [0, 0.05) is 26.2 Å². The first-order valence-corrected chi connectivity index (χ1v) is 6.38. The highest BCUT2D eigenvalue weighted by molar-refractivity contribution is 5.77. The molecule has 2 rings (SSSR count). The Morgan fingerprint density at radius 3 is 2.35 bits per heavy atom. The normalized spacial score (nSPS) is 28.8. The first kappa shape index (κ1) is 12.2. The molecule has 0 aromatic rings. The molecule has 0 radical (unpaired) electrons. The van der Waals surface area contributed by atoms with Gasteiger partial charge in [0.15, 0.2) is 0 Å². The van der Waals surface area contributed by atoms with E-state index >= 15 is 0 Å². The number of hydrogen-bond acceptors (Lipinski definition) is 2. The van der Waals surface area contributed by atoms with Gasteiger partial charge >= 0.3 is 12.0 Å². The molecule has 2 amide bonds. The Bertz CT molecular complexity index is 319. The number of carboxylic acids is 1. The number of amides is 2. The van der Waals surface area contributed by atoms with Crippen molar-refractivity contribution in [3.05, 3.63) is 0 Å². The zero-order valence-corrected chi connectivity index (χ0v) is 10.3. The predicted octanol–water partition coefficient (Wildman–Crippen LogP) is 1.24. The standard InChI is InChI=1S/C12H20N2O3/c1-2-9-3-5-13(7-9)12(17)14-6-4-10(8-14)11(15)16/h9-10H,2-8H2,1H3,(H,15,16).